The van der Waals surface area contributed by atoms with Crippen molar-refractivity contribution in [3.8, 4) is 11.4 Å². The van der Waals surface area contributed by atoms with E-state index in [9.17, 15) is 12.8 Å². The van der Waals surface area contributed by atoms with E-state index >= 15 is 0 Å². The Balaban J connectivity index is 1.85. The van der Waals surface area contributed by atoms with E-state index in [4.69, 9.17) is 0 Å². The normalized spacial score (nSPS) is 11.3. The third-order valence-electron chi connectivity index (χ3n) is 4.13. The van der Waals surface area contributed by atoms with Gasteiger partial charge in [0.25, 0.3) is 0 Å². The predicted octanol–water partition coefficient (Wildman–Crippen LogP) is 5.27. The van der Waals surface area contributed by atoms with Crippen LogP contribution in [0.4, 0.5) is 4.39 Å². The third-order valence-corrected chi connectivity index (χ3v) is 7.04. The molecule has 1 heterocycles. The van der Waals surface area contributed by atoms with Gasteiger partial charge in [-0.05, 0) is 36.4 Å². The van der Waals surface area contributed by atoms with Gasteiger partial charge < -0.3 is 0 Å². The summed E-state index contributed by atoms with van der Waals surface area (Å²) in [4.78, 5) is 9.68. The van der Waals surface area contributed by atoms with Gasteiger partial charge in [-0.15, -0.1) is 0 Å². The summed E-state index contributed by atoms with van der Waals surface area (Å²) in [6.45, 7) is 0. The highest BCUT2D eigenvalue weighted by atomic mass is 32.2. The van der Waals surface area contributed by atoms with Crippen LogP contribution in [0.25, 0.3) is 11.4 Å². The molecule has 0 saturated heterocycles. The van der Waals surface area contributed by atoms with Crippen molar-refractivity contribution in [3.63, 3.8) is 0 Å². The summed E-state index contributed by atoms with van der Waals surface area (Å²) in [6, 6.07) is 23.3. The number of nitrogens with zero attached hydrogens (tertiary/aromatic N) is 2. The first-order valence-corrected chi connectivity index (χ1v) is 11.0. The summed E-state index contributed by atoms with van der Waals surface area (Å²) in [6.07, 6.45) is 1.34. The largest absolute Gasteiger partial charge is 0.235 e. The Labute approximate surface area is 172 Å². The molecule has 4 nitrogen and oxygen atoms in total. The van der Waals surface area contributed by atoms with E-state index in [0.717, 1.165) is 17.3 Å². The lowest BCUT2D eigenvalue weighted by Gasteiger charge is -2.11. The van der Waals surface area contributed by atoms with Gasteiger partial charge in [-0.25, -0.2) is 22.8 Å². The second-order valence-electron chi connectivity index (χ2n) is 6.10. The molecule has 0 amide bonds. The van der Waals surface area contributed by atoms with E-state index in [1.165, 1.54) is 30.5 Å². The van der Waals surface area contributed by atoms with Gasteiger partial charge in [-0.2, -0.15) is 0 Å². The Hall–Kier alpha value is -3.03. The fourth-order valence-corrected chi connectivity index (χ4v) is 5.15. The summed E-state index contributed by atoms with van der Waals surface area (Å²) in [5.41, 5.74) is 0.775. The molecular weight excluding hydrogens is 407 g/mol. The van der Waals surface area contributed by atoms with Crippen molar-refractivity contribution in [2.45, 2.75) is 19.7 Å². The average molecular weight is 423 g/mol. The van der Waals surface area contributed by atoms with Gasteiger partial charge in [-0.1, -0.05) is 60.3 Å². The van der Waals surface area contributed by atoms with Crippen molar-refractivity contribution < 1.29 is 12.8 Å². The first-order chi connectivity index (χ1) is 14.0. The van der Waals surface area contributed by atoms with E-state index in [-0.39, 0.29) is 20.6 Å². The molecular formula is C22H15FN2O2S2. The molecule has 29 heavy (non-hydrogen) atoms. The molecule has 0 radical (unpaired) electrons. The minimum Gasteiger partial charge on any atom is -0.235 e. The molecule has 0 aliphatic heterocycles. The van der Waals surface area contributed by atoms with Crippen LogP contribution in [-0.4, -0.2) is 18.4 Å². The highest BCUT2D eigenvalue weighted by molar-refractivity contribution is 8.00. The fourth-order valence-electron chi connectivity index (χ4n) is 2.68. The average Bonchev–Trinajstić information content (AvgIpc) is 2.76. The number of aromatic nitrogens is 2. The maximum absolute atomic E-state index is 13.3. The highest BCUT2D eigenvalue weighted by Crippen LogP contribution is 2.35. The third kappa shape index (κ3) is 4.21. The summed E-state index contributed by atoms with van der Waals surface area (Å²) in [7, 11) is -3.82. The second kappa shape index (κ2) is 8.14. The van der Waals surface area contributed by atoms with E-state index in [1.54, 1.807) is 30.3 Å². The molecule has 0 aliphatic rings. The van der Waals surface area contributed by atoms with Crippen molar-refractivity contribution in [2.24, 2.45) is 0 Å². The minimum absolute atomic E-state index is 0.0118. The van der Waals surface area contributed by atoms with Crippen LogP contribution in [0.15, 0.2) is 111 Å². The van der Waals surface area contributed by atoms with E-state index in [1.807, 2.05) is 30.3 Å². The van der Waals surface area contributed by atoms with Gasteiger partial charge in [0.2, 0.25) is 9.84 Å². The van der Waals surface area contributed by atoms with Crippen LogP contribution in [0.5, 0.6) is 0 Å². The van der Waals surface area contributed by atoms with Gasteiger partial charge in [-0.3, -0.25) is 0 Å². The Morgan fingerprint density at radius 3 is 2.07 bits per heavy atom. The van der Waals surface area contributed by atoms with Crippen molar-refractivity contribution in [1.29, 1.82) is 0 Å². The lowest BCUT2D eigenvalue weighted by molar-refractivity contribution is 0.592. The zero-order valence-electron chi connectivity index (χ0n) is 15.1. The maximum atomic E-state index is 13.3. The van der Waals surface area contributed by atoms with E-state index < -0.39 is 9.84 Å². The lowest BCUT2D eigenvalue weighted by atomic mass is 10.2. The molecule has 0 fully saturated rings. The molecule has 144 valence electrons. The SMILES string of the molecule is O=S(=O)(c1ccccc1)c1cnc(-c2ccccc2)nc1Sc1ccc(F)cc1. The summed E-state index contributed by atoms with van der Waals surface area (Å²) >= 11 is 1.16. The molecule has 7 heteroatoms. The standard InChI is InChI=1S/C22H15FN2O2S2/c23-17-11-13-18(14-12-17)28-22-20(29(26,27)19-9-5-2-6-10-19)15-24-21(25-22)16-7-3-1-4-8-16/h1-15H. The predicted molar refractivity (Wildman–Crippen MR) is 110 cm³/mol. The molecule has 4 rings (SSSR count). The summed E-state index contributed by atoms with van der Waals surface area (Å²) in [5.74, 6) is 0.0568. The summed E-state index contributed by atoms with van der Waals surface area (Å²) in [5, 5.41) is 0.286. The number of halogens is 1. The minimum atomic E-state index is -3.82. The zero-order valence-corrected chi connectivity index (χ0v) is 16.7. The zero-order chi connectivity index (χ0) is 20.3. The monoisotopic (exact) mass is 422 g/mol. The molecule has 0 bridgehead atoms. The Morgan fingerprint density at radius 2 is 1.41 bits per heavy atom. The summed E-state index contributed by atoms with van der Waals surface area (Å²) < 4.78 is 39.7. The number of rotatable bonds is 5. The van der Waals surface area contributed by atoms with Gasteiger partial charge in [0.05, 0.1) is 11.1 Å². The number of benzene rings is 3. The maximum Gasteiger partial charge on any atom is 0.210 e. The van der Waals surface area contributed by atoms with Crippen molar-refractivity contribution in [2.75, 3.05) is 0 Å². The molecule has 1 aromatic heterocycles. The number of hydrogen-bond donors (Lipinski definition) is 0. The van der Waals surface area contributed by atoms with Crippen LogP contribution < -0.4 is 0 Å². The Bertz CT molecular complexity index is 1230. The van der Waals surface area contributed by atoms with Crippen molar-refractivity contribution in [1.82, 2.24) is 9.97 Å². The molecule has 0 atom stereocenters. The molecule has 0 spiro atoms. The van der Waals surface area contributed by atoms with Crippen LogP contribution in [0.3, 0.4) is 0 Å². The molecule has 3 aromatic carbocycles. The lowest BCUT2D eigenvalue weighted by Crippen LogP contribution is -2.06. The number of sulfone groups is 1. The second-order valence-corrected chi connectivity index (χ2v) is 9.08. The molecule has 0 unspecified atom stereocenters. The molecule has 0 aliphatic carbocycles. The fraction of sp³-hybridized carbons (Fsp3) is 0. The Kier molecular flexibility index (Phi) is 5.42. The van der Waals surface area contributed by atoms with Crippen LogP contribution >= 0.6 is 11.8 Å². The van der Waals surface area contributed by atoms with Gasteiger partial charge >= 0.3 is 0 Å². The Morgan fingerprint density at radius 1 is 0.793 bits per heavy atom. The van der Waals surface area contributed by atoms with Gasteiger partial charge in [0.15, 0.2) is 5.82 Å². The molecule has 4 aromatic rings. The quantitative estimate of drug-likeness (QED) is 0.410. The van der Waals surface area contributed by atoms with Crippen LogP contribution in [-0.2, 0) is 9.84 Å². The van der Waals surface area contributed by atoms with E-state index in [0.29, 0.717) is 10.7 Å². The molecule has 0 saturated carbocycles. The smallest absolute Gasteiger partial charge is 0.210 e. The van der Waals surface area contributed by atoms with Crippen molar-refractivity contribution >= 4 is 21.6 Å². The first-order valence-electron chi connectivity index (χ1n) is 8.70. The highest BCUT2D eigenvalue weighted by Gasteiger charge is 2.24. The molecule has 0 N–H and O–H groups in total. The van der Waals surface area contributed by atoms with Gasteiger partial charge in [0, 0.05) is 10.5 Å². The topological polar surface area (TPSA) is 59.9 Å². The van der Waals surface area contributed by atoms with Crippen LogP contribution in [0.2, 0.25) is 0 Å². The van der Waals surface area contributed by atoms with E-state index in [2.05, 4.69) is 9.97 Å². The van der Waals surface area contributed by atoms with Gasteiger partial charge in [0.1, 0.15) is 15.7 Å². The number of hydrogen-bond acceptors (Lipinski definition) is 5. The van der Waals surface area contributed by atoms with Crippen molar-refractivity contribution in [3.05, 3.63) is 96.9 Å². The van der Waals surface area contributed by atoms with Crippen LogP contribution in [0.1, 0.15) is 0 Å². The van der Waals surface area contributed by atoms with Crippen LogP contribution in [0, 0.1) is 5.82 Å². The first kappa shape index (κ1) is 19.3.